The van der Waals surface area contributed by atoms with Gasteiger partial charge in [-0.05, 0) is 11.5 Å². The molecule has 1 aromatic rings. The predicted molar refractivity (Wildman–Crippen MR) is 66.2 cm³/mol. The summed E-state index contributed by atoms with van der Waals surface area (Å²) in [4.78, 5) is 23.2. The van der Waals surface area contributed by atoms with E-state index in [4.69, 9.17) is 5.73 Å². The van der Waals surface area contributed by atoms with Crippen LogP contribution in [0.1, 0.15) is 25.3 Å². The van der Waals surface area contributed by atoms with Crippen LogP contribution in [0.25, 0.3) is 0 Å². The Morgan fingerprint density at radius 1 is 1.24 bits per heavy atom. The SMILES string of the molecule is CC(C)CNC(=O)C(C(N)=O)c1ccccc1. The van der Waals surface area contributed by atoms with Crippen LogP contribution in [0.2, 0.25) is 0 Å². The average molecular weight is 234 g/mol. The maximum atomic E-state index is 11.9. The van der Waals surface area contributed by atoms with E-state index in [0.717, 1.165) is 0 Å². The van der Waals surface area contributed by atoms with Crippen molar-refractivity contribution in [2.45, 2.75) is 19.8 Å². The van der Waals surface area contributed by atoms with Gasteiger partial charge in [-0.25, -0.2) is 0 Å². The fourth-order valence-corrected chi connectivity index (χ4v) is 1.50. The summed E-state index contributed by atoms with van der Waals surface area (Å²) < 4.78 is 0. The Hall–Kier alpha value is -1.84. The van der Waals surface area contributed by atoms with E-state index in [1.807, 2.05) is 19.9 Å². The fourth-order valence-electron chi connectivity index (χ4n) is 1.50. The molecule has 0 aromatic heterocycles. The molecule has 1 atom stereocenters. The van der Waals surface area contributed by atoms with E-state index in [0.29, 0.717) is 18.0 Å². The van der Waals surface area contributed by atoms with Crippen LogP contribution in [0.4, 0.5) is 0 Å². The van der Waals surface area contributed by atoms with E-state index in [2.05, 4.69) is 5.32 Å². The van der Waals surface area contributed by atoms with Crippen molar-refractivity contribution in [2.75, 3.05) is 6.54 Å². The topological polar surface area (TPSA) is 72.2 Å². The van der Waals surface area contributed by atoms with Gasteiger partial charge in [-0.2, -0.15) is 0 Å². The Morgan fingerprint density at radius 3 is 2.29 bits per heavy atom. The molecule has 0 saturated heterocycles. The number of nitrogens with two attached hydrogens (primary N) is 1. The summed E-state index contributed by atoms with van der Waals surface area (Å²) in [7, 11) is 0. The van der Waals surface area contributed by atoms with Gasteiger partial charge < -0.3 is 11.1 Å². The highest BCUT2D eigenvalue weighted by Crippen LogP contribution is 2.15. The lowest BCUT2D eigenvalue weighted by molar-refractivity contribution is -0.130. The largest absolute Gasteiger partial charge is 0.369 e. The van der Waals surface area contributed by atoms with Gasteiger partial charge in [-0.3, -0.25) is 9.59 Å². The number of carbonyl (C=O) groups excluding carboxylic acids is 2. The summed E-state index contributed by atoms with van der Waals surface area (Å²) in [6.45, 7) is 4.51. The van der Waals surface area contributed by atoms with Crippen molar-refractivity contribution in [3.63, 3.8) is 0 Å². The minimum Gasteiger partial charge on any atom is -0.369 e. The lowest BCUT2D eigenvalue weighted by Crippen LogP contribution is -2.38. The third kappa shape index (κ3) is 3.90. The molecule has 2 amide bonds. The van der Waals surface area contributed by atoms with Crippen molar-refractivity contribution in [2.24, 2.45) is 11.7 Å². The van der Waals surface area contributed by atoms with Crippen LogP contribution < -0.4 is 11.1 Å². The molecule has 0 spiro atoms. The second-order valence-electron chi connectivity index (χ2n) is 4.39. The normalized spacial score (nSPS) is 12.2. The molecule has 4 nitrogen and oxygen atoms in total. The Balaban J connectivity index is 2.80. The Morgan fingerprint density at radius 2 is 1.82 bits per heavy atom. The molecule has 0 radical (unpaired) electrons. The number of hydrogen-bond acceptors (Lipinski definition) is 2. The molecule has 17 heavy (non-hydrogen) atoms. The summed E-state index contributed by atoms with van der Waals surface area (Å²) >= 11 is 0. The van der Waals surface area contributed by atoms with Gasteiger partial charge in [0.15, 0.2) is 0 Å². The molecular formula is C13H18N2O2. The minimum atomic E-state index is -0.907. The lowest BCUT2D eigenvalue weighted by Gasteiger charge is -2.15. The van der Waals surface area contributed by atoms with Crippen LogP contribution >= 0.6 is 0 Å². The number of rotatable bonds is 5. The van der Waals surface area contributed by atoms with Gasteiger partial charge in [0.1, 0.15) is 5.92 Å². The van der Waals surface area contributed by atoms with Crippen molar-refractivity contribution < 1.29 is 9.59 Å². The zero-order valence-electron chi connectivity index (χ0n) is 10.1. The van der Waals surface area contributed by atoms with Gasteiger partial charge in [0.05, 0.1) is 0 Å². The van der Waals surface area contributed by atoms with Crippen LogP contribution in [0.15, 0.2) is 30.3 Å². The molecule has 0 aliphatic rings. The molecule has 1 aromatic carbocycles. The smallest absolute Gasteiger partial charge is 0.237 e. The van der Waals surface area contributed by atoms with Crippen LogP contribution in [0.3, 0.4) is 0 Å². The van der Waals surface area contributed by atoms with E-state index in [1.54, 1.807) is 24.3 Å². The molecular weight excluding hydrogens is 216 g/mol. The first kappa shape index (κ1) is 13.2. The highest BCUT2D eigenvalue weighted by Gasteiger charge is 2.25. The molecule has 0 heterocycles. The summed E-state index contributed by atoms with van der Waals surface area (Å²) in [5, 5.41) is 2.72. The number of hydrogen-bond donors (Lipinski definition) is 2. The van der Waals surface area contributed by atoms with Gasteiger partial charge in [-0.1, -0.05) is 44.2 Å². The fraction of sp³-hybridized carbons (Fsp3) is 0.385. The Labute approximate surface area is 101 Å². The van der Waals surface area contributed by atoms with E-state index < -0.39 is 11.8 Å². The van der Waals surface area contributed by atoms with Crippen molar-refractivity contribution in [3.05, 3.63) is 35.9 Å². The van der Waals surface area contributed by atoms with Gasteiger partial charge in [0, 0.05) is 6.54 Å². The zero-order valence-corrected chi connectivity index (χ0v) is 10.1. The molecule has 4 heteroatoms. The molecule has 92 valence electrons. The van der Waals surface area contributed by atoms with E-state index in [-0.39, 0.29) is 5.91 Å². The zero-order chi connectivity index (χ0) is 12.8. The third-order valence-electron chi connectivity index (χ3n) is 2.36. The van der Waals surface area contributed by atoms with Gasteiger partial charge in [-0.15, -0.1) is 0 Å². The maximum absolute atomic E-state index is 11.9. The molecule has 0 bridgehead atoms. The minimum absolute atomic E-state index is 0.336. The molecule has 3 N–H and O–H groups in total. The Kier molecular flexibility index (Phi) is 4.69. The summed E-state index contributed by atoms with van der Waals surface area (Å²) in [5.41, 5.74) is 5.90. The number of carbonyl (C=O) groups is 2. The van der Waals surface area contributed by atoms with E-state index in [9.17, 15) is 9.59 Å². The summed E-state index contributed by atoms with van der Waals surface area (Å²) in [5.74, 6) is -1.53. The lowest BCUT2D eigenvalue weighted by atomic mass is 9.97. The van der Waals surface area contributed by atoms with Crippen molar-refractivity contribution >= 4 is 11.8 Å². The number of nitrogens with one attached hydrogen (secondary N) is 1. The van der Waals surface area contributed by atoms with E-state index in [1.165, 1.54) is 0 Å². The first-order valence-corrected chi connectivity index (χ1v) is 5.64. The van der Waals surface area contributed by atoms with Crippen LogP contribution in [0, 0.1) is 5.92 Å². The first-order valence-electron chi connectivity index (χ1n) is 5.64. The predicted octanol–water partition coefficient (Wildman–Crippen LogP) is 1.03. The highest BCUT2D eigenvalue weighted by molar-refractivity contribution is 6.05. The second-order valence-corrected chi connectivity index (χ2v) is 4.39. The van der Waals surface area contributed by atoms with Crippen molar-refractivity contribution in [1.29, 1.82) is 0 Å². The quantitative estimate of drug-likeness (QED) is 0.747. The van der Waals surface area contributed by atoms with Crippen LogP contribution in [-0.2, 0) is 9.59 Å². The maximum Gasteiger partial charge on any atom is 0.237 e. The molecule has 0 fully saturated rings. The second kappa shape index (κ2) is 6.03. The van der Waals surface area contributed by atoms with Gasteiger partial charge >= 0.3 is 0 Å². The first-order chi connectivity index (χ1) is 8.02. The van der Waals surface area contributed by atoms with Crippen LogP contribution in [-0.4, -0.2) is 18.4 Å². The standard InChI is InChI=1S/C13H18N2O2/c1-9(2)8-15-13(17)11(12(14)16)10-6-4-3-5-7-10/h3-7,9,11H,8H2,1-2H3,(H2,14,16)(H,15,17). The number of amides is 2. The monoisotopic (exact) mass is 234 g/mol. The summed E-state index contributed by atoms with van der Waals surface area (Å²) in [6, 6.07) is 8.84. The Bertz CT molecular complexity index is 388. The summed E-state index contributed by atoms with van der Waals surface area (Å²) in [6.07, 6.45) is 0. The molecule has 0 aliphatic carbocycles. The van der Waals surface area contributed by atoms with Crippen LogP contribution in [0.5, 0.6) is 0 Å². The van der Waals surface area contributed by atoms with Gasteiger partial charge in [0.2, 0.25) is 11.8 Å². The molecule has 0 saturated carbocycles. The van der Waals surface area contributed by atoms with E-state index >= 15 is 0 Å². The van der Waals surface area contributed by atoms with Crippen molar-refractivity contribution in [1.82, 2.24) is 5.32 Å². The van der Waals surface area contributed by atoms with Crippen molar-refractivity contribution in [3.8, 4) is 0 Å². The average Bonchev–Trinajstić information content (AvgIpc) is 2.27. The molecule has 0 aliphatic heterocycles. The molecule has 1 unspecified atom stereocenters. The van der Waals surface area contributed by atoms with Gasteiger partial charge in [0.25, 0.3) is 0 Å². The highest BCUT2D eigenvalue weighted by atomic mass is 16.2. The number of primary amides is 1. The molecule has 1 rings (SSSR count). The third-order valence-corrected chi connectivity index (χ3v) is 2.36. The number of benzene rings is 1.